The molecule has 3 aromatic carbocycles. The van der Waals surface area contributed by atoms with Crippen LogP contribution in [0.15, 0.2) is 103 Å². The van der Waals surface area contributed by atoms with Crippen LogP contribution in [0.3, 0.4) is 0 Å². The molecule has 0 saturated carbocycles. The van der Waals surface area contributed by atoms with Crippen LogP contribution < -0.4 is 4.74 Å². The lowest BCUT2D eigenvalue weighted by molar-refractivity contribution is 0.103. The fraction of sp³-hybridized carbons (Fsp3) is 0.0645. The van der Waals surface area contributed by atoms with Gasteiger partial charge in [-0.1, -0.05) is 78.1 Å². The molecule has 0 unspecified atom stereocenters. The second kappa shape index (κ2) is 9.13. The Morgan fingerprint density at radius 1 is 0.794 bits per heavy atom. The van der Waals surface area contributed by atoms with E-state index in [1.54, 1.807) is 7.11 Å². The highest BCUT2D eigenvalue weighted by molar-refractivity contribution is 6.14. The van der Waals surface area contributed by atoms with Crippen molar-refractivity contribution >= 4 is 11.3 Å². The molecule has 0 saturated heterocycles. The summed E-state index contributed by atoms with van der Waals surface area (Å²) in [7, 11) is 1.65. The maximum Gasteiger partial charge on any atom is 0.210 e. The highest BCUT2D eigenvalue weighted by atomic mass is 16.5. The number of hydrogen-bond acceptors (Lipinski definition) is 2. The Balaban J connectivity index is 1.78. The molecular weight excluding hydrogens is 418 g/mol. The molecule has 0 amide bonds. The third kappa shape index (κ3) is 3.98. The number of benzene rings is 3. The number of carbonyl (C=O) groups excluding carboxylic acids is 1. The summed E-state index contributed by atoms with van der Waals surface area (Å²) < 4.78 is 7.22. The maximum atomic E-state index is 13.8. The molecule has 2 heterocycles. The van der Waals surface area contributed by atoms with Gasteiger partial charge in [-0.15, -0.1) is 0 Å². The van der Waals surface area contributed by atoms with Crippen LogP contribution in [0, 0.1) is 18.8 Å². The van der Waals surface area contributed by atoms with E-state index in [2.05, 4.69) is 43.0 Å². The van der Waals surface area contributed by atoms with Crippen LogP contribution >= 0.6 is 0 Å². The summed E-state index contributed by atoms with van der Waals surface area (Å²) in [6.07, 6.45) is 1.93. The van der Waals surface area contributed by atoms with Crippen molar-refractivity contribution in [1.82, 2.24) is 4.40 Å². The zero-order valence-electron chi connectivity index (χ0n) is 19.1. The molecular formula is C31H23NO2. The van der Waals surface area contributed by atoms with E-state index in [0.29, 0.717) is 11.3 Å². The van der Waals surface area contributed by atoms with E-state index >= 15 is 0 Å². The molecule has 5 aromatic rings. The molecule has 0 radical (unpaired) electrons. The van der Waals surface area contributed by atoms with Crippen LogP contribution in [0.4, 0.5) is 0 Å². The molecule has 34 heavy (non-hydrogen) atoms. The van der Waals surface area contributed by atoms with Crippen LogP contribution in [-0.4, -0.2) is 17.3 Å². The Bertz CT molecular complexity index is 1530. The van der Waals surface area contributed by atoms with Crippen molar-refractivity contribution in [3.63, 3.8) is 0 Å². The van der Waals surface area contributed by atoms with Gasteiger partial charge in [-0.3, -0.25) is 4.79 Å². The first-order chi connectivity index (χ1) is 16.7. The third-order valence-electron chi connectivity index (χ3n) is 5.86. The van der Waals surface area contributed by atoms with Crippen molar-refractivity contribution in [2.75, 3.05) is 7.11 Å². The quantitative estimate of drug-likeness (QED) is 0.234. The van der Waals surface area contributed by atoms with E-state index < -0.39 is 0 Å². The number of ether oxygens (including phenoxy) is 1. The lowest BCUT2D eigenvalue weighted by Gasteiger charge is -2.07. The predicted octanol–water partition coefficient (Wildman–Crippen LogP) is 6.55. The van der Waals surface area contributed by atoms with Crippen LogP contribution in [-0.2, 0) is 0 Å². The number of carbonyl (C=O) groups is 1. The van der Waals surface area contributed by atoms with Gasteiger partial charge in [0, 0.05) is 22.9 Å². The average Bonchev–Trinajstić information content (AvgIpc) is 3.22. The maximum absolute atomic E-state index is 13.8. The van der Waals surface area contributed by atoms with E-state index in [1.165, 1.54) is 0 Å². The van der Waals surface area contributed by atoms with Crippen molar-refractivity contribution in [3.05, 3.63) is 131 Å². The van der Waals surface area contributed by atoms with Crippen molar-refractivity contribution in [3.8, 4) is 28.7 Å². The first-order valence-electron chi connectivity index (χ1n) is 11.1. The molecule has 0 aliphatic heterocycles. The predicted molar refractivity (Wildman–Crippen MR) is 136 cm³/mol. The highest BCUT2D eigenvalue weighted by Crippen LogP contribution is 2.34. The summed E-state index contributed by atoms with van der Waals surface area (Å²) in [5.41, 5.74) is 6.85. The van der Waals surface area contributed by atoms with E-state index in [4.69, 9.17) is 4.74 Å². The Hall–Kier alpha value is -4.55. The van der Waals surface area contributed by atoms with Gasteiger partial charge in [0.15, 0.2) is 0 Å². The summed E-state index contributed by atoms with van der Waals surface area (Å²) in [5, 5.41) is 0. The monoisotopic (exact) mass is 441 g/mol. The number of aryl methyl sites for hydroxylation is 1. The number of rotatable bonds is 4. The summed E-state index contributed by atoms with van der Waals surface area (Å²) in [4.78, 5) is 13.8. The summed E-state index contributed by atoms with van der Waals surface area (Å²) in [6, 6.07) is 31.2. The van der Waals surface area contributed by atoms with Gasteiger partial charge < -0.3 is 9.14 Å². The van der Waals surface area contributed by atoms with Crippen molar-refractivity contribution < 1.29 is 9.53 Å². The molecule has 164 valence electrons. The number of pyridine rings is 1. The Morgan fingerprint density at radius 3 is 2.21 bits per heavy atom. The zero-order chi connectivity index (χ0) is 23.5. The van der Waals surface area contributed by atoms with Crippen molar-refractivity contribution in [1.29, 1.82) is 0 Å². The lowest BCUT2D eigenvalue weighted by atomic mass is 9.96. The molecule has 0 spiro atoms. The van der Waals surface area contributed by atoms with Gasteiger partial charge in [-0.05, 0) is 48.9 Å². The average molecular weight is 442 g/mol. The minimum absolute atomic E-state index is 0.0325. The van der Waals surface area contributed by atoms with E-state index in [1.807, 2.05) is 83.4 Å². The number of ketones is 1. The summed E-state index contributed by atoms with van der Waals surface area (Å²) >= 11 is 0. The largest absolute Gasteiger partial charge is 0.497 e. The van der Waals surface area contributed by atoms with Gasteiger partial charge in [0.25, 0.3) is 0 Å². The first kappa shape index (κ1) is 21.3. The number of hydrogen-bond donors (Lipinski definition) is 0. The summed E-state index contributed by atoms with van der Waals surface area (Å²) in [6.45, 7) is 2.06. The fourth-order valence-corrected chi connectivity index (χ4v) is 4.09. The number of methoxy groups -OCH3 is 1. The fourth-order valence-electron chi connectivity index (χ4n) is 4.09. The van der Waals surface area contributed by atoms with Crippen molar-refractivity contribution in [2.24, 2.45) is 0 Å². The van der Waals surface area contributed by atoms with Crippen LogP contribution in [0.1, 0.15) is 32.7 Å². The minimum atomic E-state index is -0.0325. The Labute approximate surface area is 199 Å². The SMILES string of the molecule is COc1ccc(C#Cc2c(-c3ccc(C)cc3)c(C(=O)c3ccccc3)n3ccccc23)cc1. The molecule has 0 aliphatic carbocycles. The van der Waals surface area contributed by atoms with Crippen molar-refractivity contribution in [2.45, 2.75) is 6.92 Å². The molecule has 0 aliphatic rings. The van der Waals surface area contributed by atoms with Gasteiger partial charge in [0.1, 0.15) is 11.4 Å². The third-order valence-corrected chi connectivity index (χ3v) is 5.86. The number of fused-ring (bicyclic) bond motifs is 1. The first-order valence-corrected chi connectivity index (χ1v) is 11.1. The van der Waals surface area contributed by atoms with Gasteiger partial charge in [0.2, 0.25) is 5.78 Å². The van der Waals surface area contributed by atoms with E-state index in [0.717, 1.165) is 39.1 Å². The second-order valence-electron chi connectivity index (χ2n) is 8.09. The normalized spacial score (nSPS) is 10.5. The van der Waals surface area contributed by atoms with Gasteiger partial charge in [-0.2, -0.15) is 0 Å². The van der Waals surface area contributed by atoms with Crippen LogP contribution in [0.5, 0.6) is 5.75 Å². The summed E-state index contributed by atoms with van der Waals surface area (Å²) in [5.74, 6) is 7.43. The molecule has 0 atom stereocenters. The zero-order valence-corrected chi connectivity index (χ0v) is 19.1. The van der Waals surface area contributed by atoms with Gasteiger partial charge >= 0.3 is 0 Å². The second-order valence-corrected chi connectivity index (χ2v) is 8.09. The Kier molecular flexibility index (Phi) is 5.72. The van der Waals surface area contributed by atoms with Gasteiger partial charge in [-0.25, -0.2) is 0 Å². The molecule has 0 N–H and O–H groups in total. The molecule has 3 heteroatoms. The smallest absolute Gasteiger partial charge is 0.210 e. The van der Waals surface area contributed by atoms with Crippen LogP contribution in [0.25, 0.3) is 16.6 Å². The molecule has 5 rings (SSSR count). The highest BCUT2D eigenvalue weighted by Gasteiger charge is 2.24. The number of aromatic nitrogens is 1. The topological polar surface area (TPSA) is 30.7 Å². The molecule has 0 fully saturated rings. The van der Waals surface area contributed by atoms with E-state index in [9.17, 15) is 4.79 Å². The molecule has 3 nitrogen and oxygen atoms in total. The van der Waals surface area contributed by atoms with E-state index in [-0.39, 0.29) is 5.78 Å². The molecule has 2 aromatic heterocycles. The Morgan fingerprint density at radius 2 is 1.50 bits per heavy atom. The standard InChI is InChI=1S/C31H23NO2/c1-22-11-16-24(17-12-22)29-27(20-15-23-13-18-26(34-2)19-14-23)28-10-6-7-21-32(28)30(29)31(33)25-8-4-3-5-9-25/h3-14,16-19,21H,1-2H3. The minimum Gasteiger partial charge on any atom is -0.497 e. The van der Waals surface area contributed by atoms with Gasteiger partial charge in [0.05, 0.1) is 18.2 Å². The lowest BCUT2D eigenvalue weighted by Crippen LogP contribution is -2.06. The van der Waals surface area contributed by atoms with Crippen LogP contribution in [0.2, 0.25) is 0 Å². The number of nitrogens with zero attached hydrogens (tertiary/aromatic N) is 1. The molecule has 0 bridgehead atoms.